The van der Waals surface area contributed by atoms with E-state index < -0.39 is 12.0 Å². The summed E-state index contributed by atoms with van der Waals surface area (Å²) in [6.07, 6.45) is -1.09. The van der Waals surface area contributed by atoms with E-state index in [-0.39, 0.29) is 12.2 Å². The predicted octanol–water partition coefficient (Wildman–Crippen LogP) is 0.0737. The first-order valence-corrected chi connectivity index (χ1v) is 4.24. The Morgan fingerprint density at radius 2 is 2.15 bits per heavy atom. The van der Waals surface area contributed by atoms with Crippen molar-refractivity contribution in [2.75, 3.05) is 6.61 Å². The van der Waals surface area contributed by atoms with Gasteiger partial charge in [0.15, 0.2) is 11.9 Å². The zero-order valence-electron chi connectivity index (χ0n) is 7.73. The van der Waals surface area contributed by atoms with Crippen LogP contribution >= 0.6 is 0 Å². The molecule has 0 N–H and O–H groups in total. The highest BCUT2D eigenvalue weighted by Gasteiger charge is 2.53. The van der Waals surface area contributed by atoms with Gasteiger partial charge in [0.05, 0.1) is 6.61 Å². The van der Waals surface area contributed by atoms with Crippen LogP contribution < -0.4 is 0 Å². The van der Waals surface area contributed by atoms with Crippen molar-refractivity contribution < 1.29 is 18.9 Å². The van der Waals surface area contributed by atoms with Crippen LogP contribution in [0.25, 0.3) is 0 Å². The first-order valence-electron chi connectivity index (χ1n) is 4.24. The summed E-state index contributed by atoms with van der Waals surface area (Å²) in [4.78, 5) is 0. The fourth-order valence-electron chi connectivity index (χ4n) is 1.77. The highest BCUT2D eigenvalue weighted by molar-refractivity contribution is 5.15. The summed E-state index contributed by atoms with van der Waals surface area (Å²) in [5.74, 6) is -0.618. The van der Waals surface area contributed by atoms with Gasteiger partial charge in [-0.15, -0.1) is 0 Å². The lowest BCUT2D eigenvalue weighted by Gasteiger charge is -2.20. The number of ether oxygens (including phenoxy) is 3. The Hall–Kier alpha value is -0.650. The second kappa shape index (κ2) is 2.67. The van der Waals surface area contributed by atoms with Gasteiger partial charge in [0.1, 0.15) is 12.8 Å². The third-order valence-corrected chi connectivity index (χ3v) is 2.22. The molecule has 2 saturated heterocycles. The van der Waals surface area contributed by atoms with Crippen molar-refractivity contribution in [2.24, 2.45) is 0 Å². The maximum absolute atomic E-state index is 10.9. The molecule has 5 heteroatoms. The van der Waals surface area contributed by atoms with E-state index in [1.165, 1.54) is 0 Å². The summed E-state index contributed by atoms with van der Waals surface area (Å²) >= 11 is 0. The first kappa shape index (κ1) is 8.93. The fraction of sp³-hybridized carbons (Fsp3) is 0.875. The molecule has 2 fully saturated rings. The Morgan fingerprint density at radius 1 is 1.46 bits per heavy atom. The molecular weight excluding hydrogens is 174 g/mol. The number of fused-ring (bicyclic) bond motifs is 1. The minimum atomic E-state index is -0.633. The zero-order valence-corrected chi connectivity index (χ0v) is 7.73. The number of hydrogen-bond donors (Lipinski definition) is 0. The Bertz CT molecular complexity index is 240. The van der Waals surface area contributed by atoms with Gasteiger partial charge in [0.25, 0.3) is 6.23 Å². The molecule has 0 aliphatic carbocycles. The summed E-state index contributed by atoms with van der Waals surface area (Å²) in [7, 11) is 0. The van der Waals surface area contributed by atoms with Gasteiger partial charge in [-0.1, -0.05) is 0 Å². The molecule has 0 radical (unpaired) electrons. The molecule has 0 amide bonds. The van der Waals surface area contributed by atoms with Crippen LogP contribution in [0.3, 0.4) is 0 Å². The second-order valence-electron chi connectivity index (χ2n) is 3.78. The van der Waals surface area contributed by atoms with Gasteiger partial charge in [-0.2, -0.15) is 4.74 Å². The van der Waals surface area contributed by atoms with E-state index in [4.69, 9.17) is 14.2 Å². The van der Waals surface area contributed by atoms with Gasteiger partial charge in [0.2, 0.25) is 0 Å². The maximum Gasteiger partial charge on any atom is 0.296 e. The molecule has 0 bridgehead atoms. The van der Waals surface area contributed by atoms with Crippen LogP contribution in [-0.2, 0) is 14.2 Å². The Kier molecular flexibility index (Phi) is 1.83. The summed E-state index contributed by atoms with van der Waals surface area (Å²) in [5, 5.41) is 10.9. The van der Waals surface area contributed by atoms with E-state index in [1.807, 2.05) is 13.8 Å². The van der Waals surface area contributed by atoms with Crippen LogP contribution in [0, 0.1) is 5.21 Å². The van der Waals surface area contributed by atoms with Gasteiger partial charge in [-0.3, -0.25) is 0 Å². The van der Waals surface area contributed by atoms with Crippen LogP contribution in [0.5, 0.6) is 0 Å². The fourth-order valence-corrected chi connectivity index (χ4v) is 1.77. The van der Waals surface area contributed by atoms with Crippen molar-refractivity contribution in [2.45, 2.75) is 38.1 Å². The molecule has 0 unspecified atom stereocenters. The van der Waals surface area contributed by atoms with E-state index in [0.717, 1.165) is 0 Å². The molecule has 3 atom stereocenters. The topological polar surface area (TPSA) is 53.8 Å². The summed E-state index contributed by atoms with van der Waals surface area (Å²) in [6.45, 7) is 7.28. The highest BCUT2D eigenvalue weighted by atomic mass is 16.8. The normalized spacial score (nSPS) is 41.8. The number of hydroxylamine groups is 1. The molecule has 13 heavy (non-hydrogen) atoms. The number of rotatable bonds is 1. The summed E-state index contributed by atoms with van der Waals surface area (Å²) in [6, 6.07) is 0. The van der Waals surface area contributed by atoms with Crippen LogP contribution in [-0.4, -0.2) is 42.3 Å². The van der Waals surface area contributed by atoms with E-state index in [0.29, 0.717) is 11.3 Å². The highest BCUT2D eigenvalue weighted by Crippen LogP contribution is 2.35. The van der Waals surface area contributed by atoms with Gasteiger partial charge >= 0.3 is 0 Å². The third-order valence-electron chi connectivity index (χ3n) is 2.22. The Balaban J connectivity index is 2.12. The van der Waals surface area contributed by atoms with Gasteiger partial charge < -0.3 is 19.4 Å². The van der Waals surface area contributed by atoms with Gasteiger partial charge in [-0.05, 0) is 13.8 Å². The summed E-state index contributed by atoms with van der Waals surface area (Å²) < 4.78 is 16.7. The summed E-state index contributed by atoms with van der Waals surface area (Å²) in [5.41, 5.74) is 0. The molecule has 2 aliphatic heterocycles. The van der Waals surface area contributed by atoms with E-state index in [9.17, 15) is 5.21 Å². The Labute approximate surface area is 76.5 Å². The predicted molar refractivity (Wildman–Crippen MR) is 44.3 cm³/mol. The van der Waals surface area contributed by atoms with Crippen molar-refractivity contribution >= 4 is 6.72 Å². The van der Waals surface area contributed by atoms with Crippen molar-refractivity contribution in [3.8, 4) is 0 Å². The standard InChI is InChI=1S/C8H13NO4/c1-8(2)12-5-4-11-7(9(3)10)6(5)13-8/h5-7H,3-4H2,1-2H3/t5-,6-,7-/m1/s1. The number of nitrogens with zero attached hydrogens (tertiary/aromatic N) is 1. The third kappa shape index (κ3) is 1.43. The quantitative estimate of drug-likeness (QED) is 0.252. The SMILES string of the molecule is C=[N+]([O-])[C@@H]1OC[C@H]2OC(C)(C)O[C@@H]12. The van der Waals surface area contributed by atoms with E-state index >= 15 is 0 Å². The van der Waals surface area contributed by atoms with Crippen LogP contribution in [0.1, 0.15) is 13.8 Å². The molecule has 0 aromatic carbocycles. The van der Waals surface area contributed by atoms with Gasteiger partial charge in [0, 0.05) is 0 Å². The first-order chi connectivity index (χ1) is 5.99. The van der Waals surface area contributed by atoms with Crippen LogP contribution in [0.4, 0.5) is 0 Å². The smallest absolute Gasteiger partial charge is 0.296 e. The second-order valence-corrected chi connectivity index (χ2v) is 3.78. The molecule has 2 rings (SSSR count). The average molecular weight is 187 g/mol. The lowest BCUT2D eigenvalue weighted by molar-refractivity contribution is -0.555. The van der Waals surface area contributed by atoms with E-state index in [2.05, 4.69) is 6.72 Å². The average Bonchev–Trinajstić information content (AvgIpc) is 2.41. The maximum atomic E-state index is 10.9. The minimum absolute atomic E-state index is 0.141. The lowest BCUT2D eigenvalue weighted by Crippen LogP contribution is -2.35. The monoisotopic (exact) mass is 187 g/mol. The molecule has 2 aliphatic rings. The van der Waals surface area contributed by atoms with Crippen molar-refractivity contribution in [3.63, 3.8) is 0 Å². The van der Waals surface area contributed by atoms with Crippen LogP contribution in [0.2, 0.25) is 0 Å². The molecule has 0 aromatic heterocycles. The largest absolute Gasteiger partial charge is 0.622 e. The van der Waals surface area contributed by atoms with Crippen molar-refractivity contribution in [3.05, 3.63) is 5.21 Å². The van der Waals surface area contributed by atoms with Crippen molar-refractivity contribution in [1.82, 2.24) is 0 Å². The van der Waals surface area contributed by atoms with Gasteiger partial charge in [-0.25, -0.2) is 0 Å². The molecule has 74 valence electrons. The number of hydrogen-bond acceptors (Lipinski definition) is 4. The molecule has 5 nitrogen and oxygen atoms in total. The minimum Gasteiger partial charge on any atom is -0.622 e. The molecule has 0 saturated carbocycles. The molecule has 2 heterocycles. The molecule has 0 aromatic rings. The molecule has 0 spiro atoms. The molecular formula is C8H13NO4. The lowest BCUT2D eigenvalue weighted by atomic mass is 10.2. The van der Waals surface area contributed by atoms with E-state index in [1.54, 1.807) is 0 Å². The zero-order chi connectivity index (χ0) is 9.64. The van der Waals surface area contributed by atoms with Crippen molar-refractivity contribution in [1.29, 1.82) is 0 Å². The Morgan fingerprint density at radius 3 is 2.77 bits per heavy atom. The van der Waals surface area contributed by atoms with Crippen LogP contribution in [0.15, 0.2) is 0 Å².